The van der Waals surface area contributed by atoms with Gasteiger partial charge in [-0.1, -0.05) is 44.2 Å². The molecule has 0 radical (unpaired) electrons. The van der Waals surface area contributed by atoms with Gasteiger partial charge in [-0.15, -0.1) is 0 Å². The highest BCUT2D eigenvalue weighted by atomic mass is 14.8. The summed E-state index contributed by atoms with van der Waals surface area (Å²) in [4.78, 5) is 0. The van der Waals surface area contributed by atoms with E-state index in [-0.39, 0.29) is 0 Å². The number of benzene rings is 1. The predicted octanol–water partition coefficient (Wildman–Crippen LogP) is 2.47. The van der Waals surface area contributed by atoms with Crippen molar-refractivity contribution in [2.24, 2.45) is 5.92 Å². The third-order valence-electron chi connectivity index (χ3n) is 1.99. The molecular formula is C12H19N. The standard InChI is InChI=1S/C12H19N/c1-11(2)10-13-9-8-12-6-4-3-5-7-12/h3-7,11,13H,8-10H2,1-2H3. The minimum Gasteiger partial charge on any atom is -0.316 e. The fourth-order valence-corrected chi connectivity index (χ4v) is 1.27. The third kappa shape index (κ3) is 4.69. The number of nitrogens with one attached hydrogen (secondary N) is 1. The minimum absolute atomic E-state index is 0.746. The van der Waals surface area contributed by atoms with E-state index in [2.05, 4.69) is 49.5 Å². The molecule has 0 heterocycles. The van der Waals surface area contributed by atoms with Gasteiger partial charge in [-0.3, -0.25) is 0 Å². The van der Waals surface area contributed by atoms with Crippen LogP contribution in [0.2, 0.25) is 0 Å². The van der Waals surface area contributed by atoms with Gasteiger partial charge in [0.15, 0.2) is 0 Å². The second kappa shape index (κ2) is 5.76. The van der Waals surface area contributed by atoms with Crippen LogP contribution in [0.4, 0.5) is 0 Å². The summed E-state index contributed by atoms with van der Waals surface area (Å²) >= 11 is 0. The van der Waals surface area contributed by atoms with Crippen LogP contribution in [0.5, 0.6) is 0 Å². The summed E-state index contributed by atoms with van der Waals surface area (Å²) in [5.41, 5.74) is 1.42. The van der Waals surface area contributed by atoms with Crippen LogP contribution >= 0.6 is 0 Å². The normalized spacial score (nSPS) is 10.7. The molecule has 0 saturated heterocycles. The first-order valence-corrected chi connectivity index (χ1v) is 5.03. The Morgan fingerprint density at radius 3 is 2.46 bits per heavy atom. The van der Waals surface area contributed by atoms with Crippen LogP contribution in [0, 0.1) is 5.92 Å². The van der Waals surface area contributed by atoms with E-state index in [1.54, 1.807) is 0 Å². The molecule has 0 unspecified atom stereocenters. The fourth-order valence-electron chi connectivity index (χ4n) is 1.27. The number of hydrogen-bond acceptors (Lipinski definition) is 1. The van der Waals surface area contributed by atoms with E-state index >= 15 is 0 Å². The van der Waals surface area contributed by atoms with Crippen molar-refractivity contribution in [3.63, 3.8) is 0 Å². The Labute approximate surface area is 81.2 Å². The van der Waals surface area contributed by atoms with Gasteiger partial charge in [0.25, 0.3) is 0 Å². The van der Waals surface area contributed by atoms with E-state index in [9.17, 15) is 0 Å². The van der Waals surface area contributed by atoms with Crippen LogP contribution in [-0.4, -0.2) is 13.1 Å². The Hall–Kier alpha value is -0.820. The maximum atomic E-state index is 3.43. The topological polar surface area (TPSA) is 12.0 Å². The second-order valence-electron chi connectivity index (χ2n) is 3.83. The maximum absolute atomic E-state index is 3.43. The zero-order chi connectivity index (χ0) is 9.52. The Morgan fingerprint density at radius 2 is 1.85 bits per heavy atom. The first-order chi connectivity index (χ1) is 6.29. The van der Waals surface area contributed by atoms with Crippen LogP contribution in [-0.2, 0) is 6.42 Å². The molecule has 0 aromatic heterocycles. The lowest BCUT2D eigenvalue weighted by molar-refractivity contribution is 0.554. The molecule has 1 nitrogen and oxygen atoms in total. The van der Waals surface area contributed by atoms with Crippen molar-refractivity contribution >= 4 is 0 Å². The van der Waals surface area contributed by atoms with E-state index in [1.807, 2.05) is 0 Å². The van der Waals surface area contributed by atoms with Crippen molar-refractivity contribution in [1.29, 1.82) is 0 Å². The molecule has 0 aliphatic carbocycles. The summed E-state index contributed by atoms with van der Waals surface area (Å²) in [5.74, 6) is 0.746. The molecule has 1 aromatic rings. The SMILES string of the molecule is CC(C)CNCCc1ccccc1. The summed E-state index contributed by atoms with van der Waals surface area (Å²) < 4.78 is 0. The molecule has 0 bridgehead atoms. The van der Waals surface area contributed by atoms with Gasteiger partial charge >= 0.3 is 0 Å². The first kappa shape index (κ1) is 10.3. The molecule has 0 spiro atoms. The van der Waals surface area contributed by atoms with E-state index in [0.717, 1.165) is 25.4 Å². The highest BCUT2D eigenvalue weighted by Crippen LogP contribution is 1.98. The van der Waals surface area contributed by atoms with Crippen molar-refractivity contribution in [3.05, 3.63) is 35.9 Å². The maximum Gasteiger partial charge on any atom is -0.000824 e. The Morgan fingerprint density at radius 1 is 1.15 bits per heavy atom. The highest BCUT2D eigenvalue weighted by Gasteiger charge is 1.93. The Balaban J connectivity index is 2.13. The Bertz CT molecular complexity index is 216. The highest BCUT2D eigenvalue weighted by molar-refractivity contribution is 5.14. The van der Waals surface area contributed by atoms with Crippen LogP contribution in [0.15, 0.2) is 30.3 Å². The van der Waals surface area contributed by atoms with E-state index < -0.39 is 0 Å². The van der Waals surface area contributed by atoms with Crippen molar-refractivity contribution in [2.75, 3.05) is 13.1 Å². The van der Waals surface area contributed by atoms with Crippen molar-refractivity contribution in [2.45, 2.75) is 20.3 Å². The van der Waals surface area contributed by atoms with Gasteiger partial charge in [-0.25, -0.2) is 0 Å². The molecule has 13 heavy (non-hydrogen) atoms. The van der Waals surface area contributed by atoms with Crippen LogP contribution < -0.4 is 5.32 Å². The van der Waals surface area contributed by atoms with Gasteiger partial charge in [0, 0.05) is 0 Å². The molecule has 0 amide bonds. The summed E-state index contributed by atoms with van der Waals surface area (Å²) in [5, 5.41) is 3.43. The predicted molar refractivity (Wildman–Crippen MR) is 57.9 cm³/mol. The zero-order valence-corrected chi connectivity index (χ0v) is 8.59. The molecule has 0 aliphatic heterocycles. The molecule has 1 heteroatoms. The third-order valence-corrected chi connectivity index (χ3v) is 1.99. The molecule has 1 N–H and O–H groups in total. The largest absolute Gasteiger partial charge is 0.316 e. The minimum atomic E-state index is 0.746. The van der Waals surface area contributed by atoms with Crippen LogP contribution in [0.25, 0.3) is 0 Å². The summed E-state index contributed by atoms with van der Waals surface area (Å²) in [6.45, 7) is 6.67. The van der Waals surface area contributed by atoms with Crippen LogP contribution in [0.3, 0.4) is 0 Å². The molecule has 0 atom stereocenters. The average Bonchev–Trinajstić information content (AvgIpc) is 2.14. The van der Waals surface area contributed by atoms with Gasteiger partial charge in [0.05, 0.1) is 0 Å². The Kier molecular flexibility index (Phi) is 4.55. The lowest BCUT2D eigenvalue weighted by atomic mass is 10.1. The fraction of sp³-hybridized carbons (Fsp3) is 0.500. The quantitative estimate of drug-likeness (QED) is 0.681. The summed E-state index contributed by atoms with van der Waals surface area (Å²) in [6, 6.07) is 10.6. The molecule has 0 aliphatic rings. The summed E-state index contributed by atoms with van der Waals surface area (Å²) in [7, 11) is 0. The molecule has 1 rings (SSSR count). The number of hydrogen-bond donors (Lipinski definition) is 1. The molecule has 0 saturated carbocycles. The smallest absolute Gasteiger partial charge is 0.000824 e. The molecule has 1 aromatic carbocycles. The number of rotatable bonds is 5. The lowest BCUT2D eigenvalue weighted by Gasteiger charge is -2.06. The second-order valence-corrected chi connectivity index (χ2v) is 3.83. The molecule has 0 fully saturated rings. The summed E-state index contributed by atoms with van der Waals surface area (Å²) in [6.07, 6.45) is 1.13. The van der Waals surface area contributed by atoms with Gasteiger partial charge in [-0.05, 0) is 31.0 Å². The van der Waals surface area contributed by atoms with Crippen molar-refractivity contribution < 1.29 is 0 Å². The van der Waals surface area contributed by atoms with E-state index in [0.29, 0.717) is 0 Å². The van der Waals surface area contributed by atoms with Gasteiger partial charge in [-0.2, -0.15) is 0 Å². The van der Waals surface area contributed by atoms with Gasteiger partial charge < -0.3 is 5.32 Å². The van der Waals surface area contributed by atoms with Crippen LogP contribution in [0.1, 0.15) is 19.4 Å². The van der Waals surface area contributed by atoms with Gasteiger partial charge in [0.1, 0.15) is 0 Å². The molecular weight excluding hydrogens is 158 g/mol. The lowest BCUT2D eigenvalue weighted by Crippen LogP contribution is -2.22. The zero-order valence-electron chi connectivity index (χ0n) is 8.59. The average molecular weight is 177 g/mol. The van der Waals surface area contributed by atoms with Gasteiger partial charge in [0.2, 0.25) is 0 Å². The van der Waals surface area contributed by atoms with Crippen molar-refractivity contribution in [1.82, 2.24) is 5.32 Å². The van der Waals surface area contributed by atoms with E-state index in [1.165, 1.54) is 5.56 Å². The monoisotopic (exact) mass is 177 g/mol. The molecule has 72 valence electrons. The first-order valence-electron chi connectivity index (χ1n) is 5.03. The van der Waals surface area contributed by atoms with E-state index in [4.69, 9.17) is 0 Å². The van der Waals surface area contributed by atoms with Crippen molar-refractivity contribution in [3.8, 4) is 0 Å².